The van der Waals surface area contributed by atoms with Crippen molar-refractivity contribution in [3.8, 4) is 11.4 Å². The lowest BCUT2D eigenvalue weighted by Gasteiger charge is -2.08. The lowest BCUT2D eigenvalue weighted by atomic mass is 10.2. The molecule has 0 saturated heterocycles. The highest BCUT2D eigenvalue weighted by atomic mass is 19.3. The summed E-state index contributed by atoms with van der Waals surface area (Å²) >= 11 is 0. The summed E-state index contributed by atoms with van der Waals surface area (Å²) in [5, 5.41) is 6.98. The number of halogens is 2. The number of hydrogen-bond acceptors (Lipinski definition) is 3. The quantitative estimate of drug-likeness (QED) is 0.743. The van der Waals surface area contributed by atoms with Gasteiger partial charge in [0.15, 0.2) is 0 Å². The fourth-order valence-corrected chi connectivity index (χ4v) is 2.53. The van der Waals surface area contributed by atoms with Gasteiger partial charge in [0, 0.05) is 42.3 Å². The van der Waals surface area contributed by atoms with Gasteiger partial charge < -0.3 is 10.3 Å². The molecule has 0 amide bonds. The summed E-state index contributed by atoms with van der Waals surface area (Å²) in [5.74, 6) is 0.795. The van der Waals surface area contributed by atoms with Crippen LogP contribution in [0.3, 0.4) is 0 Å². The van der Waals surface area contributed by atoms with Crippen LogP contribution in [0, 0.1) is 13.8 Å². The van der Waals surface area contributed by atoms with Gasteiger partial charge in [0.25, 0.3) is 6.43 Å². The molecule has 126 valence electrons. The summed E-state index contributed by atoms with van der Waals surface area (Å²) in [7, 11) is 1.64. The SMILES string of the molecule is Cc1nc(-c2cccc(NCc3cn(C)nc3C(F)F)c2)[nH]c1C. The number of rotatable bonds is 5. The summed E-state index contributed by atoms with van der Waals surface area (Å²) in [6.45, 7) is 4.21. The van der Waals surface area contributed by atoms with Crippen LogP contribution in [-0.4, -0.2) is 19.7 Å². The number of anilines is 1. The van der Waals surface area contributed by atoms with Crippen LogP contribution in [0.2, 0.25) is 0 Å². The Balaban J connectivity index is 1.78. The Hall–Kier alpha value is -2.70. The Morgan fingerprint density at radius 2 is 2.08 bits per heavy atom. The first-order valence-electron chi connectivity index (χ1n) is 7.62. The molecule has 0 fully saturated rings. The highest BCUT2D eigenvalue weighted by Crippen LogP contribution is 2.24. The number of hydrogen-bond donors (Lipinski definition) is 2. The second-order valence-electron chi connectivity index (χ2n) is 5.74. The molecule has 0 aliphatic rings. The molecule has 3 rings (SSSR count). The summed E-state index contributed by atoms with van der Waals surface area (Å²) in [5.41, 5.74) is 4.07. The van der Waals surface area contributed by atoms with Crippen LogP contribution in [0.4, 0.5) is 14.5 Å². The molecule has 0 atom stereocenters. The Labute approximate surface area is 138 Å². The van der Waals surface area contributed by atoms with Gasteiger partial charge in [-0.2, -0.15) is 5.10 Å². The first-order chi connectivity index (χ1) is 11.4. The Bertz CT molecular complexity index is 831. The number of nitrogens with zero attached hydrogens (tertiary/aromatic N) is 3. The molecule has 5 nitrogen and oxygen atoms in total. The van der Waals surface area contributed by atoms with Gasteiger partial charge in [-0.1, -0.05) is 12.1 Å². The maximum Gasteiger partial charge on any atom is 0.282 e. The van der Waals surface area contributed by atoms with E-state index in [-0.39, 0.29) is 12.2 Å². The molecule has 3 aromatic rings. The van der Waals surface area contributed by atoms with Gasteiger partial charge in [-0.05, 0) is 26.0 Å². The number of imidazole rings is 1. The highest BCUT2D eigenvalue weighted by Gasteiger charge is 2.17. The van der Waals surface area contributed by atoms with E-state index in [4.69, 9.17) is 0 Å². The zero-order chi connectivity index (χ0) is 17.3. The topological polar surface area (TPSA) is 58.5 Å². The van der Waals surface area contributed by atoms with Crippen molar-refractivity contribution in [3.05, 3.63) is 53.1 Å². The molecule has 2 heterocycles. The molecule has 2 aromatic heterocycles. The molecule has 0 unspecified atom stereocenters. The Kier molecular flexibility index (Phi) is 4.33. The van der Waals surface area contributed by atoms with Gasteiger partial charge in [-0.3, -0.25) is 4.68 Å². The molecule has 0 aliphatic carbocycles. The predicted molar refractivity (Wildman–Crippen MR) is 89.0 cm³/mol. The van der Waals surface area contributed by atoms with Gasteiger partial charge in [0.2, 0.25) is 0 Å². The second kappa shape index (κ2) is 6.43. The Morgan fingerprint density at radius 3 is 2.75 bits per heavy atom. The zero-order valence-electron chi connectivity index (χ0n) is 13.8. The first-order valence-corrected chi connectivity index (χ1v) is 7.62. The van der Waals surface area contributed by atoms with Crippen molar-refractivity contribution in [1.29, 1.82) is 0 Å². The van der Waals surface area contributed by atoms with Crippen molar-refractivity contribution < 1.29 is 8.78 Å². The lowest BCUT2D eigenvalue weighted by Crippen LogP contribution is -2.02. The number of aromatic amines is 1. The molecular formula is C17H19F2N5. The largest absolute Gasteiger partial charge is 0.381 e. The van der Waals surface area contributed by atoms with E-state index in [9.17, 15) is 8.78 Å². The van der Waals surface area contributed by atoms with Crippen molar-refractivity contribution in [3.63, 3.8) is 0 Å². The van der Waals surface area contributed by atoms with E-state index in [1.165, 1.54) is 4.68 Å². The third kappa shape index (κ3) is 3.29. The first kappa shape index (κ1) is 16.2. The number of H-pyrrole nitrogens is 1. The number of alkyl halides is 2. The van der Waals surface area contributed by atoms with Gasteiger partial charge >= 0.3 is 0 Å². The predicted octanol–water partition coefficient (Wildman–Crippen LogP) is 3.98. The Morgan fingerprint density at radius 1 is 1.29 bits per heavy atom. The molecular weight excluding hydrogens is 312 g/mol. The fourth-order valence-electron chi connectivity index (χ4n) is 2.53. The van der Waals surface area contributed by atoms with Crippen LogP contribution in [0.25, 0.3) is 11.4 Å². The number of benzene rings is 1. The van der Waals surface area contributed by atoms with E-state index in [2.05, 4.69) is 20.4 Å². The van der Waals surface area contributed by atoms with Crippen LogP contribution in [0.5, 0.6) is 0 Å². The van der Waals surface area contributed by atoms with Crippen LogP contribution in [0.1, 0.15) is 29.1 Å². The summed E-state index contributed by atoms with van der Waals surface area (Å²) in [4.78, 5) is 7.72. The maximum absolute atomic E-state index is 13.0. The standard InChI is InChI=1S/C17H19F2N5/c1-10-11(2)22-17(21-10)12-5-4-6-14(7-12)20-8-13-9-24(3)23-15(13)16(18)19/h4-7,9,16,20H,8H2,1-3H3,(H,21,22). The number of nitrogens with one attached hydrogen (secondary N) is 2. The van der Waals surface area contributed by atoms with E-state index in [1.807, 2.05) is 38.1 Å². The van der Waals surface area contributed by atoms with Crippen LogP contribution in [0.15, 0.2) is 30.5 Å². The van der Waals surface area contributed by atoms with Crippen LogP contribution >= 0.6 is 0 Å². The highest BCUT2D eigenvalue weighted by molar-refractivity contribution is 5.63. The minimum atomic E-state index is -2.58. The zero-order valence-corrected chi connectivity index (χ0v) is 13.8. The van der Waals surface area contributed by atoms with E-state index >= 15 is 0 Å². The lowest BCUT2D eigenvalue weighted by molar-refractivity contribution is 0.144. The molecule has 0 radical (unpaired) electrons. The molecule has 2 N–H and O–H groups in total. The van der Waals surface area contributed by atoms with Gasteiger partial charge in [-0.25, -0.2) is 13.8 Å². The van der Waals surface area contributed by atoms with Gasteiger partial charge in [0.1, 0.15) is 11.5 Å². The number of aryl methyl sites for hydroxylation is 3. The fraction of sp³-hybridized carbons (Fsp3) is 0.294. The number of aromatic nitrogens is 4. The summed E-state index contributed by atoms with van der Waals surface area (Å²) in [6, 6.07) is 7.69. The second-order valence-corrected chi connectivity index (χ2v) is 5.74. The van der Waals surface area contributed by atoms with Crippen molar-refractivity contribution in [2.45, 2.75) is 26.8 Å². The van der Waals surface area contributed by atoms with Crippen LogP contribution < -0.4 is 5.32 Å². The third-order valence-corrected chi connectivity index (χ3v) is 3.89. The van der Waals surface area contributed by atoms with E-state index in [0.717, 1.165) is 28.5 Å². The van der Waals surface area contributed by atoms with Crippen molar-refractivity contribution in [1.82, 2.24) is 19.7 Å². The van der Waals surface area contributed by atoms with Crippen molar-refractivity contribution in [2.24, 2.45) is 7.05 Å². The summed E-state index contributed by atoms with van der Waals surface area (Å²) in [6.07, 6.45) is -0.971. The van der Waals surface area contributed by atoms with Crippen molar-refractivity contribution in [2.75, 3.05) is 5.32 Å². The minimum Gasteiger partial charge on any atom is -0.381 e. The average molecular weight is 331 g/mol. The van der Waals surface area contributed by atoms with Gasteiger partial charge in [0.05, 0.1) is 5.69 Å². The maximum atomic E-state index is 13.0. The monoisotopic (exact) mass is 331 g/mol. The molecule has 0 aliphatic heterocycles. The third-order valence-electron chi connectivity index (χ3n) is 3.89. The molecule has 7 heteroatoms. The van der Waals surface area contributed by atoms with E-state index in [0.29, 0.717) is 5.56 Å². The average Bonchev–Trinajstić information content (AvgIpc) is 3.09. The molecule has 0 bridgehead atoms. The summed E-state index contributed by atoms with van der Waals surface area (Å²) < 4.78 is 27.4. The van der Waals surface area contributed by atoms with Crippen molar-refractivity contribution >= 4 is 5.69 Å². The van der Waals surface area contributed by atoms with E-state index < -0.39 is 6.43 Å². The smallest absolute Gasteiger partial charge is 0.282 e. The normalized spacial score (nSPS) is 11.2. The van der Waals surface area contributed by atoms with Gasteiger partial charge in [-0.15, -0.1) is 0 Å². The van der Waals surface area contributed by atoms with Crippen LogP contribution in [-0.2, 0) is 13.6 Å². The van der Waals surface area contributed by atoms with E-state index in [1.54, 1.807) is 13.2 Å². The minimum absolute atomic E-state index is 0.182. The molecule has 1 aromatic carbocycles. The molecule has 0 spiro atoms. The molecule has 24 heavy (non-hydrogen) atoms. The molecule has 0 saturated carbocycles.